The maximum absolute atomic E-state index is 11.3. The van der Waals surface area contributed by atoms with Crippen LogP contribution in [0.3, 0.4) is 0 Å². The van der Waals surface area contributed by atoms with Gasteiger partial charge < -0.3 is 0 Å². The fourth-order valence-electron chi connectivity index (χ4n) is 1.31. The number of rotatable bonds is 2. The minimum atomic E-state index is -0.523. The Morgan fingerprint density at radius 1 is 1.38 bits per heavy atom. The van der Waals surface area contributed by atoms with Crippen LogP contribution in [0.25, 0.3) is 0 Å². The Bertz CT molecular complexity index is 248. The first-order chi connectivity index (χ1) is 5.95. The summed E-state index contributed by atoms with van der Waals surface area (Å²) in [6, 6.07) is 0.339. The summed E-state index contributed by atoms with van der Waals surface area (Å²) in [7, 11) is 0. The van der Waals surface area contributed by atoms with E-state index in [4.69, 9.17) is 11.6 Å². The lowest BCUT2D eigenvalue weighted by Crippen LogP contribution is -2.61. The Kier molecular flexibility index (Phi) is 2.96. The van der Waals surface area contributed by atoms with Crippen molar-refractivity contribution < 1.29 is 4.79 Å². The third-order valence-electron chi connectivity index (χ3n) is 1.83. The Morgan fingerprint density at radius 3 is 2.31 bits per heavy atom. The van der Waals surface area contributed by atoms with Gasteiger partial charge in [-0.1, -0.05) is 0 Å². The lowest BCUT2D eigenvalue weighted by molar-refractivity contribution is -0.131. The molecule has 1 atom stereocenters. The van der Waals surface area contributed by atoms with Gasteiger partial charge in [-0.15, -0.1) is 11.6 Å². The highest BCUT2D eigenvalue weighted by Gasteiger charge is 2.44. The predicted octanol–water partition coefficient (Wildman–Crippen LogP) is 1.65. The van der Waals surface area contributed by atoms with Crippen molar-refractivity contribution >= 4 is 23.3 Å². The molecule has 0 spiro atoms. The van der Waals surface area contributed by atoms with E-state index in [1.54, 1.807) is 4.90 Å². The highest BCUT2D eigenvalue weighted by Crippen LogP contribution is 2.23. The second kappa shape index (κ2) is 3.66. The van der Waals surface area contributed by atoms with Gasteiger partial charge in [0, 0.05) is 12.1 Å². The maximum atomic E-state index is 11.3. The van der Waals surface area contributed by atoms with Gasteiger partial charge in [0.15, 0.2) is 5.38 Å². The van der Waals surface area contributed by atoms with Gasteiger partial charge in [0.25, 0.3) is 5.91 Å². The molecule has 1 saturated heterocycles. The molecule has 1 unspecified atom stereocenters. The zero-order chi connectivity index (χ0) is 10.2. The molecule has 1 amide bonds. The molecule has 1 aliphatic heterocycles. The maximum Gasteiger partial charge on any atom is 0.254 e. The number of carbonyl (C=O) groups excluding carboxylic acids is 1. The fourth-order valence-corrected chi connectivity index (χ4v) is 1.58. The minimum absolute atomic E-state index is 0.0314. The first kappa shape index (κ1) is 10.5. The molecule has 0 aromatic carbocycles. The molecule has 3 nitrogen and oxygen atoms in total. The molecular formula is C9H15ClN2O. The average molecular weight is 203 g/mol. The lowest BCUT2D eigenvalue weighted by atomic mass is 10.1. The van der Waals surface area contributed by atoms with E-state index >= 15 is 0 Å². The number of amidine groups is 1. The van der Waals surface area contributed by atoms with Crippen LogP contribution in [-0.2, 0) is 4.79 Å². The van der Waals surface area contributed by atoms with Crippen LogP contribution in [0, 0.1) is 0 Å². The third kappa shape index (κ3) is 1.85. The van der Waals surface area contributed by atoms with Gasteiger partial charge in [-0.3, -0.25) is 14.7 Å². The van der Waals surface area contributed by atoms with Crippen molar-refractivity contribution in [3.8, 4) is 0 Å². The van der Waals surface area contributed by atoms with Gasteiger partial charge in [0.2, 0.25) is 0 Å². The number of halogens is 1. The number of alkyl halides is 1. The smallest absolute Gasteiger partial charge is 0.254 e. The van der Waals surface area contributed by atoms with Crippen molar-refractivity contribution in [1.82, 2.24) is 4.90 Å². The highest BCUT2D eigenvalue weighted by molar-refractivity contribution is 6.49. The van der Waals surface area contributed by atoms with Gasteiger partial charge in [-0.25, -0.2) is 0 Å². The zero-order valence-corrected chi connectivity index (χ0v) is 9.17. The van der Waals surface area contributed by atoms with E-state index < -0.39 is 5.38 Å². The second-order valence-corrected chi connectivity index (χ2v) is 4.18. The fraction of sp³-hybridized carbons (Fsp3) is 0.778. The Labute approximate surface area is 83.8 Å². The lowest BCUT2D eigenvalue weighted by Gasteiger charge is -2.39. The molecule has 1 rings (SSSR count). The van der Waals surface area contributed by atoms with Crippen LogP contribution in [0.1, 0.15) is 27.7 Å². The molecule has 13 heavy (non-hydrogen) atoms. The summed E-state index contributed by atoms with van der Waals surface area (Å²) >= 11 is 5.83. The number of hydrogen-bond donors (Lipinski definition) is 0. The summed E-state index contributed by atoms with van der Waals surface area (Å²) in [6.07, 6.45) is 0. The van der Waals surface area contributed by atoms with Gasteiger partial charge in [-0.05, 0) is 27.7 Å². The highest BCUT2D eigenvalue weighted by atomic mass is 35.5. The molecule has 0 bridgehead atoms. The molecule has 1 fully saturated rings. The summed E-state index contributed by atoms with van der Waals surface area (Å²) in [6.45, 7) is 7.85. The van der Waals surface area contributed by atoms with Gasteiger partial charge in [0.05, 0.1) is 0 Å². The summed E-state index contributed by atoms with van der Waals surface area (Å²) in [4.78, 5) is 17.3. The number of hydrogen-bond acceptors (Lipinski definition) is 2. The van der Waals surface area contributed by atoms with Crippen LogP contribution >= 0.6 is 11.6 Å². The first-order valence-corrected chi connectivity index (χ1v) is 4.93. The van der Waals surface area contributed by atoms with Crippen molar-refractivity contribution in [2.24, 2.45) is 4.99 Å². The van der Waals surface area contributed by atoms with Crippen molar-refractivity contribution in [2.45, 2.75) is 45.2 Å². The Balaban J connectivity index is 2.80. The van der Waals surface area contributed by atoms with Crippen molar-refractivity contribution in [3.05, 3.63) is 0 Å². The van der Waals surface area contributed by atoms with Crippen molar-refractivity contribution in [3.63, 3.8) is 0 Å². The zero-order valence-electron chi connectivity index (χ0n) is 8.41. The van der Waals surface area contributed by atoms with E-state index in [0.717, 1.165) is 5.84 Å². The minimum Gasteiger partial charge on any atom is -0.295 e. The normalized spacial score (nSPS) is 26.1. The van der Waals surface area contributed by atoms with Gasteiger partial charge >= 0.3 is 0 Å². The summed E-state index contributed by atoms with van der Waals surface area (Å²) in [5.41, 5.74) is 0. The Hall–Kier alpha value is -0.570. The molecule has 0 N–H and O–H groups in total. The quantitative estimate of drug-likeness (QED) is 0.495. The van der Waals surface area contributed by atoms with Crippen LogP contribution < -0.4 is 0 Å². The Morgan fingerprint density at radius 2 is 1.92 bits per heavy atom. The number of β-lactam (4-membered cyclic amide) rings is 1. The van der Waals surface area contributed by atoms with E-state index in [2.05, 4.69) is 4.99 Å². The van der Waals surface area contributed by atoms with E-state index in [1.807, 2.05) is 27.7 Å². The van der Waals surface area contributed by atoms with E-state index in [-0.39, 0.29) is 18.0 Å². The molecule has 0 saturated carbocycles. The number of nitrogens with zero attached hydrogens (tertiary/aromatic N) is 2. The van der Waals surface area contributed by atoms with E-state index in [9.17, 15) is 4.79 Å². The van der Waals surface area contributed by atoms with Gasteiger partial charge in [0.1, 0.15) is 5.84 Å². The molecule has 0 radical (unpaired) electrons. The van der Waals surface area contributed by atoms with Crippen LogP contribution in [0.4, 0.5) is 0 Å². The number of amides is 1. The molecule has 4 heteroatoms. The summed E-state index contributed by atoms with van der Waals surface area (Å²) in [5.74, 6) is 0.688. The SMILES string of the molecule is CC(C)N=C1C(Cl)C(=O)N1C(C)C. The first-order valence-electron chi connectivity index (χ1n) is 4.50. The summed E-state index contributed by atoms with van der Waals surface area (Å²) < 4.78 is 0. The monoisotopic (exact) mass is 202 g/mol. The number of likely N-dealkylation sites (tertiary alicyclic amines) is 1. The molecule has 1 heterocycles. The molecule has 0 aliphatic carbocycles. The number of carbonyl (C=O) groups is 1. The van der Waals surface area contributed by atoms with Crippen molar-refractivity contribution in [2.75, 3.05) is 0 Å². The van der Waals surface area contributed by atoms with Crippen LogP contribution in [0.5, 0.6) is 0 Å². The molecule has 74 valence electrons. The average Bonchev–Trinajstić information content (AvgIpc) is 2.01. The van der Waals surface area contributed by atoms with Crippen LogP contribution in [0.15, 0.2) is 4.99 Å². The predicted molar refractivity (Wildman–Crippen MR) is 54.2 cm³/mol. The van der Waals surface area contributed by atoms with E-state index in [0.29, 0.717) is 0 Å². The molecule has 0 aromatic heterocycles. The largest absolute Gasteiger partial charge is 0.295 e. The van der Waals surface area contributed by atoms with Crippen LogP contribution in [0.2, 0.25) is 0 Å². The molecule has 1 aliphatic rings. The van der Waals surface area contributed by atoms with Gasteiger partial charge in [-0.2, -0.15) is 0 Å². The van der Waals surface area contributed by atoms with Crippen LogP contribution in [-0.4, -0.2) is 34.1 Å². The number of aliphatic imine (C=N–C) groups is 1. The third-order valence-corrected chi connectivity index (χ3v) is 2.22. The molecule has 0 aromatic rings. The second-order valence-electron chi connectivity index (χ2n) is 3.75. The van der Waals surface area contributed by atoms with E-state index in [1.165, 1.54) is 0 Å². The topological polar surface area (TPSA) is 32.7 Å². The molecular weight excluding hydrogens is 188 g/mol. The summed E-state index contributed by atoms with van der Waals surface area (Å²) in [5, 5.41) is -0.523. The standard InChI is InChI=1S/C9H15ClN2O/c1-5(2)11-8-7(10)9(13)12(8)6(3)4/h5-7H,1-4H3. The van der Waals surface area contributed by atoms with Crippen molar-refractivity contribution in [1.29, 1.82) is 0 Å².